The van der Waals surface area contributed by atoms with Gasteiger partial charge in [0.05, 0.1) is 5.56 Å². The molecule has 2 N–H and O–H groups in total. The molecule has 0 aliphatic heterocycles. The molecular weight excluding hydrogens is 339 g/mol. The van der Waals surface area contributed by atoms with Crippen molar-refractivity contribution in [1.29, 1.82) is 0 Å². The molecule has 1 amide bonds. The Bertz CT molecular complexity index is 714. The number of pyridine rings is 1. The normalized spacial score (nSPS) is 10.2. The molecule has 1 aromatic carbocycles. The number of amides is 1. The molecule has 0 fully saturated rings. The van der Waals surface area contributed by atoms with Crippen molar-refractivity contribution in [2.45, 2.75) is 0 Å². The fourth-order valence-electron chi connectivity index (χ4n) is 1.58. The first-order chi connectivity index (χ1) is 9.85. The third-order valence-electron chi connectivity index (χ3n) is 2.43. The van der Waals surface area contributed by atoms with Crippen molar-refractivity contribution in [2.75, 3.05) is 5.32 Å². The van der Waals surface area contributed by atoms with Gasteiger partial charge in [0.1, 0.15) is 10.3 Å². The number of nitrogens with zero attached hydrogens (tertiary/aromatic N) is 1. The zero-order valence-corrected chi connectivity index (χ0v) is 12.5. The van der Waals surface area contributed by atoms with E-state index in [0.717, 1.165) is 0 Å². The van der Waals surface area contributed by atoms with E-state index >= 15 is 0 Å². The summed E-state index contributed by atoms with van der Waals surface area (Å²) in [5.74, 6) is -1.66. The lowest BCUT2D eigenvalue weighted by Gasteiger charge is -2.07. The van der Waals surface area contributed by atoms with Crippen LogP contribution >= 0.6 is 34.8 Å². The zero-order valence-electron chi connectivity index (χ0n) is 10.2. The number of carbonyl (C=O) groups is 2. The van der Waals surface area contributed by atoms with E-state index in [2.05, 4.69) is 10.3 Å². The van der Waals surface area contributed by atoms with Gasteiger partial charge in [0.15, 0.2) is 0 Å². The third-order valence-corrected chi connectivity index (χ3v) is 3.03. The zero-order chi connectivity index (χ0) is 15.6. The van der Waals surface area contributed by atoms with Gasteiger partial charge in [0.2, 0.25) is 0 Å². The van der Waals surface area contributed by atoms with Crippen molar-refractivity contribution >= 4 is 52.4 Å². The molecule has 21 heavy (non-hydrogen) atoms. The Morgan fingerprint density at radius 2 is 1.57 bits per heavy atom. The molecule has 0 unspecified atom stereocenters. The van der Waals surface area contributed by atoms with Crippen LogP contribution in [0.25, 0.3) is 0 Å². The second-order valence-corrected chi connectivity index (χ2v) is 5.20. The summed E-state index contributed by atoms with van der Waals surface area (Å²) in [6.45, 7) is 0. The second-order valence-electron chi connectivity index (χ2n) is 3.99. The molecule has 0 spiro atoms. The van der Waals surface area contributed by atoms with E-state index < -0.39 is 11.9 Å². The van der Waals surface area contributed by atoms with E-state index in [-0.39, 0.29) is 32.1 Å². The number of carbonyl (C=O) groups excluding carboxylic acids is 1. The Kier molecular flexibility index (Phi) is 4.67. The topological polar surface area (TPSA) is 79.3 Å². The predicted octanol–water partition coefficient (Wildman–Crippen LogP) is 3.99. The van der Waals surface area contributed by atoms with Crippen LogP contribution < -0.4 is 5.32 Å². The molecule has 0 aliphatic rings. The van der Waals surface area contributed by atoms with Crippen molar-refractivity contribution in [1.82, 2.24) is 4.98 Å². The van der Waals surface area contributed by atoms with Gasteiger partial charge < -0.3 is 10.4 Å². The van der Waals surface area contributed by atoms with Crippen LogP contribution in [0.5, 0.6) is 0 Å². The van der Waals surface area contributed by atoms with Crippen molar-refractivity contribution in [2.24, 2.45) is 0 Å². The van der Waals surface area contributed by atoms with Gasteiger partial charge in [-0.3, -0.25) is 4.79 Å². The molecule has 1 heterocycles. The summed E-state index contributed by atoms with van der Waals surface area (Å²) in [7, 11) is 0. The number of rotatable bonds is 3. The minimum atomic E-state index is -1.15. The smallest absolute Gasteiger partial charge is 0.335 e. The Morgan fingerprint density at radius 1 is 0.952 bits per heavy atom. The number of carboxylic acid groups (broad SMARTS) is 1. The molecule has 0 saturated carbocycles. The van der Waals surface area contributed by atoms with Gasteiger partial charge in [0, 0.05) is 16.3 Å². The van der Waals surface area contributed by atoms with Gasteiger partial charge in [-0.05, 0) is 30.3 Å². The van der Waals surface area contributed by atoms with Crippen LogP contribution in [0.3, 0.4) is 0 Å². The first kappa shape index (κ1) is 15.6. The van der Waals surface area contributed by atoms with Crippen LogP contribution in [0.2, 0.25) is 15.3 Å². The molecule has 0 radical (unpaired) electrons. The summed E-state index contributed by atoms with van der Waals surface area (Å²) in [6, 6.07) is 6.67. The molecule has 5 nitrogen and oxygen atoms in total. The number of anilines is 1. The molecule has 0 aliphatic carbocycles. The van der Waals surface area contributed by atoms with Crippen LogP contribution in [-0.2, 0) is 0 Å². The van der Waals surface area contributed by atoms with Crippen LogP contribution in [0.1, 0.15) is 20.7 Å². The minimum absolute atomic E-state index is 0.0383. The molecule has 8 heteroatoms. The maximum atomic E-state index is 12.1. The highest BCUT2D eigenvalue weighted by molar-refractivity contribution is 6.33. The number of aromatic carboxylic acids is 1. The average Bonchev–Trinajstić information content (AvgIpc) is 2.36. The highest BCUT2D eigenvalue weighted by atomic mass is 35.5. The monoisotopic (exact) mass is 344 g/mol. The van der Waals surface area contributed by atoms with Crippen molar-refractivity contribution in [3.05, 3.63) is 56.8 Å². The van der Waals surface area contributed by atoms with Crippen LogP contribution in [0, 0.1) is 0 Å². The molecule has 2 aromatic rings. The number of aromatic nitrogens is 1. The highest BCUT2D eigenvalue weighted by Gasteiger charge is 2.12. The highest BCUT2D eigenvalue weighted by Crippen LogP contribution is 2.21. The SMILES string of the molecule is O=C(O)c1cc(Cl)cc(NC(=O)c2cc(Cl)nc(Cl)c2)c1. The summed E-state index contributed by atoms with van der Waals surface area (Å²) in [5, 5.41) is 11.8. The lowest BCUT2D eigenvalue weighted by molar-refractivity contribution is 0.0696. The summed E-state index contributed by atoms with van der Waals surface area (Å²) in [6.07, 6.45) is 0. The fourth-order valence-corrected chi connectivity index (χ4v) is 2.28. The summed E-state index contributed by atoms with van der Waals surface area (Å²) in [5.41, 5.74) is 0.398. The Morgan fingerprint density at radius 3 is 2.14 bits per heavy atom. The summed E-state index contributed by atoms with van der Waals surface area (Å²) >= 11 is 17.2. The van der Waals surface area contributed by atoms with E-state index in [4.69, 9.17) is 39.9 Å². The molecule has 108 valence electrons. The molecular formula is C13H7Cl3N2O3. The summed E-state index contributed by atoms with van der Waals surface area (Å²) < 4.78 is 0. The first-order valence-corrected chi connectivity index (χ1v) is 6.67. The van der Waals surface area contributed by atoms with E-state index in [1.54, 1.807) is 0 Å². The maximum absolute atomic E-state index is 12.1. The number of nitrogens with one attached hydrogen (secondary N) is 1. The summed E-state index contributed by atoms with van der Waals surface area (Å²) in [4.78, 5) is 26.7. The molecule has 2 rings (SSSR count). The lowest BCUT2D eigenvalue weighted by atomic mass is 10.2. The predicted molar refractivity (Wildman–Crippen MR) is 80.6 cm³/mol. The van der Waals surface area contributed by atoms with Gasteiger partial charge in [-0.25, -0.2) is 9.78 Å². The maximum Gasteiger partial charge on any atom is 0.335 e. The van der Waals surface area contributed by atoms with Crippen LogP contribution in [-0.4, -0.2) is 22.0 Å². The first-order valence-electron chi connectivity index (χ1n) is 5.53. The number of hydrogen-bond donors (Lipinski definition) is 2. The number of hydrogen-bond acceptors (Lipinski definition) is 3. The van der Waals surface area contributed by atoms with Crippen molar-refractivity contribution in [3.63, 3.8) is 0 Å². The second kappa shape index (κ2) is 6.30. The van der Waals surface area contributed by atoms with Gasteiger partial charge in [-0.15, -0.1) is 0 Å². The molecule has 0 atom stereocenters. The van der Waals surface area contributed by atoms with Crippen LogP contribution in [0.4, 0.5) is 5.69 Å². The minimum Gasteiger partial charge on any atom is -0.478 e. The van der Waals surface area contributed by atoms with Gasteiger partial charge in [-0.2, -0.15) is 0 Å². The standard InChI is InChI=1S/C13H7Cl3N2O3/c14-8-1-7(13(20)21)2-9(5-8)17-12(19)6-3-10(15)18-11(16)4-6/h1-5H,(H,17,19)(H,20,21). The van der Waals surface area contributed by atoms with Gasteiger partial charge in [0.25, 0.3) is 5.91 Å². The van der Waals surface area contributed by atoms with Crippen molar-refractivity contribution < 1.29 is 14.7 Å². The molecule has 1 aromatic heterocycles. The third kappa shape index (κ3) is 4.07. The van der Waals surface area contributed by atoms with E-state index in [0.29, 0.717) is 0 Å². The quantitative estimate of drug-likeness (QED) is 0.824. The van der Waals surface area contributed by atoms with Gasteiger partial charge in [-0.1, -0.05) is 34.8 Å². The van der Waals surface area contributed by atoms with E-state index in [1.165, 1.54) is 30.3 Å². The number of carboxylic acids is 1. The number of halogens is 3. The Hall–Kier alpha value is -1.82. The fraction of sp³-hybridized carbons (Fsp3) is 0. The number of benzene rings is 1. The van der Waals surface area contributed by atoms with E-state index in [1.807, 2.05) is 0 Å². The lowest BCUT2D eigenvalue weighted by Crippen LogP contribution is -2.12. The molecule has 0 saturated heterocycles. The molecule has 0 bridgehead atoms. The van der Waals surface area contributed by atoms with Crippen LogP contribution in [0.15, 0.2) is 30.3 Å². The van der Waals surface area contributed by atoms with Crippen molar-refractivity contribution in [3.8, 4) is 0 Å². The Labute approximate surface area is 134 Å². The average molecular weight is 346 g/mol. The Balaban J connectivity index is 2.29. The van der Waals surface area contributed by atoms with Gasteiger partial charge >= 0.3 is 5.97 Å². The largest absolute Gasteiger partial charge is 0.478 e. The van der Waals surface area contributed by atoms with E-state index in [9.17, 15) is 9.59 Å².